The number of rotatable bonds is 5. The lowest BCUT2D eigenvalue weighted by Crippen LogP contribution is -2.41. The minimum Gasteiger partial charge on any atom is -0.493 e. The van der Waals surface area contributed by atoms with Crippen LogP contribution in [-0.4, -0.2) is 25.7 Å². The van der Waals surface area contributed by atoms with Crippen LogP contribution in [0.1, 0.15) is 38.1 Å². The smallest absolute Gasteiger partial charge is 0.251 e. The Morgan fingerprint density at radius 3 is 2.57 bits per heavy atom. The van der Waals surface area contributed by atoms with Crippen molar-refractivity contribution in [2.24, 2.45) is 5.41 Å². The first-order valence-corrected chi connectivity index (χ1v) is 6.84. The van der Waals surface area contributed by atoms with E-state index in [2.05, 4.69) is 32.0 Å². The molecule has 1 aromatic carbocycles. The van der Waals surface area contributed by atoms with Gasteiger partial charge in [-0.15, -0.1) is 6.42 Å². The summed E-state index contributed by atoms with van der Waals surface area (Å²) in [5.41, 5.74) is 0.520. The maximum Gasteiger partial charge on any atom is 0.251 e. The number of hydrogen-bond donors (Lipinski definition) is 1. The molecule has 0 spiro atoms. The molecular formula is C17H23NO3. The highest BCUT2D eigenvalue weighted by Crippen LogP contribution is 2.28. The van der Waals surface area contributed by atoms with Crippen molar-refractivity contribution in [2.75, 3.05) is 13.7 Å². The molecule has 0 aliphatic rings. The van der Waals surface area contributed by atoms with Crippen molar-refractivity contribution in [3.8, 4) is 23.8 Å². The van der Waals surface area contributed by atoms with Crippen molar-refractivity contribution >= 4 is 5.91 Å². The van der Waals surface area contributed by atoms with Crippen molar-refractivity contribution in [1.29, 1.82) is 0 Å². The fraction of sp³-hybridized carbons (Fsp3) is 0.471. The highest BCUT2D eigenvalue weighted by molar-refractivity contribution is 5.95. The van der Waals surface area contributed by atoms with E-state index >= 15 is 0 Å². The summed E-state index contributed by atoms with van der Waals surface area (Å²) >= 11 is 0. The molecule has 0 aliphatic heterocycles. The van der Waals surface area contributed by atoms with Crippen molar-refractivity contribution in [1.82, 2.24) is 5.32 Å². The third kappa shape index (κ3) is 4.71. The molecule has 1 amide bonds. The van der Waals surface area contributed by atoms with Gasteiger partial charge in [-0.3, -0.25) is 4.79 Å². The van der Waals surface area contributed by atoms with Gasteiger partial charge in [0.05, 0.1) is 7.11 Å². The van der Waals surface area contributed by atoms with Crippen molar-refractivity contribution < 1.29 is 14.3 Å². The molecule has 0 fully saturated rings. The van der Waals surface area contributed by atoms with Crippen LogP contribution in [0.2, 0.25) is 0 Å². The van der Waals surface area contributed by atoms with Gasteiger partial charge >= 0.3 is 0 Å². The number of hydrogen-bond acceptors (Lipinski definition) is 3. The number of terminal acetylenes is 1. The summed E-state index contributed by atoms with van der Waals surface area (Å²) in [6.07, 6.45) is 5.16. The summed E-state index contributed by atoms with van der Waals surface area (Å²) in [4.78, 5) is 12.3. The summed E-state index contributed by atoms with van der Waals surface area (Å²) in [5.74, 6) is 3.26. The first-order valence-electron chi connectivity index (χ1n) is 6.84. The number of benzene rings is 1. The number of ether oxygens (including phenoxy) is 2. The van der Waals surface area contributed by atoms with Gasteiger partial charge < -0.3 is 14.8 Å². The van der Waals surface area contributed by atoms with Crippen molar-refractivity contribution in [2.45, 2.75) is 33.7 Å². The van der Waals surface area contributed by atoms with Gasteiger partial charge in [0.1, 0.15) is 6.61 Å². The summed E-state index contributed by atoms with van der Waals surface area (Å²) in [7, 11) is 1.53. The second-order valence-corrected chi connectivity index (χ2v) is 5.92. The van der Waals surface area contributed by atoms with Gasteiger partial charge in [-0.05, 0) is 30.5 Å². The molecule has 4 nitrogen and oxygen atoms in total. The Labute approximate surface area is 126 Å². The Kier molecular flexibility index (Phi) is 5.66. The van der Waals surface area contributed by atoms with Gasteiger partial charge in [0, 0.05) is 11.6 Å². The first-order chi connectivity index (χ1) is 9.79. The normalized spacial score (nSPS) is 12.2. The molecule has 0 bridgehead atoms. The van der Waals surface area contributed by atoms with Crippen LogP contribution in [0, 0.1) is 17.8 Å². The van der Waals surface area contributed by atoms with Gasteiger partial charge in [0.25, 0.3) is 5.91 Å². The van der Waals surface area contributed by atoms with E-state index in [0.717, 1.165) is 0 Å². The topological polar surface area (TPSA) is 47.6 Å². The Morgan fingerprint density at radius 2 is 2.05 bits per heavy atom. The summed E-state index contributed by atoms with van der Waals surface area (Å²) < 4.78 is 10.6. The predicted molar refractivity (Wildman–Crippen MR) is 83.7 cm³/mol. The van der Waals surface area contributed by atoms with Crippen LogP contribution in [0.25, 0.3) is 0 Å². The molecular weight excluding hydrogens is 266 g/mol. The quantitative estimate of drug-likeness (QED) is 0.848. The van der Waals surface area contributed by atoms with Crippen LogP contribution >= 0.6 is 0 Å². The standard InChI is InChI=1S/C17H23NO3/c1-7-10-21-14-9-8-13(11-15(14)20-6)16(19)18-12(2)17(3,4)5/h1,8-9,11-12H,10H2,2-6H3,(H,18,19). The Morgan fingerprint density at radius 1 is 1.38 bits per heavy atom. The minimum atomic E-state index is -0.140. The van der Waals surface area contributed by atoms with Gasteiger partial charge in [0.15, 0.2) is 11.5 Å². The van der Waals surface area contributed by atoms with Crippen molar-refractivity contribution in [3.63, 3.8) is 0 Å². The molecule has 1 N–H and O–H groups in total. The molecule has 0 aromatic heterocycles. The van der Waals surface area contributed by atoms with Gasteiger partial charge in [-0.1, -0.05) is 26.7 Å². The number of nitrogens with one attached hydrogen (secondary N) is 1. The highest BCUT2D eigenvalue weighted by atomic mass is 16.5. The molecule has 0 saturated heterocycles. The maximum absolute atomic E-state index is 12.3. The molecule has 4 heteroatoms. The van der Waals surface area contributed by atoms with Crippen LogP contribution in [0.15, 0.2) is 18.2 Å². The molecule has 1 aromatic rings. The third-order valence-corrected chi connectivity index (χ3v) is 3.38. The lowest BCUT2D eigenvalue weighted by Gasteiger charge is -2.28. The molecule has 0 radical (unpaired) electrons. The van der Waals surface area contributed by atoms with E-state index in [1.165, 1.54) is 7.11 Å². The molecule has 1 atom stereocenters. The fourth-order valence-electron chi connectivity index (χ4n) is 1.54. The van der Waals surface area contributed by atoms with E-state index in [0.29, 0.717) is 17.1 Å². The summed E-state index contributed by atoms with van der Waals surface area (Å²) in [5, 5.41) is 2.98. The second kappa shape index (κ2) is 7.03. The largest absolute Gasteiger partial charge is 0.493 e. The number of carbonyl (C=O) groups excluding carboxylic acids is 1. The van der Waals surface area contributed by atoms with E-state index in [1.807, 2.05) is 6.92 Å². The highest BCUT2D eigenvalue weighted by Gasteiger charge is 2.22. The van der Waals surface area contributed by atoms with Crippen LogP contribution in [-0.2, 0) is 0 Å². The van der Waals surface area contributed by atoms with E-state index in [4.69, 9.17) is 15.9 Å². The zero-order chi connectivity index (χ0) is 16.0. The second-order valence-electron chi connectivity index (χ2n) is 5.92. The SMILES string of the molecule is C#CCOc1ccc(C(=O)NC(C)C(C)(C)C)cc1OC. The van der Waals surface area contributed by atoms with Crippen LogP contribution in [0.4, 0.5) is 0 Å². The van der Waals surface area contributed by atoms with E-state index < -0.39 is 0 Å². The number of carbonyl (C=O) groups is 1. The monoisotopic (exact) mass is 289 g/mol. The average Bonchev–Trinajstić information content (AvgIpc) is 2.43. The Balaban J connectivity index is 2.89. The average molecular weight is 289 g/mol. The van der Waals surface area contributed by atoms with Crippen LogP contribution < -0.4 is 14.8 Å². The number of methoxy groups -OCH3 is 1. The van der Waals surface area contributed by atoms with Gasteiger partial charge in [0.2, 0.25) is 0 Å². The van der Waals surface area contributed by atoms with Crippen LogP contribution in [0.3, 0.4) is 0 Å². The van der Waals surface area contributed by atoms with Gasteiger partial charge in [-0.25, -0.2) is 0 Å². The van der Waals surface area contributed by atoms with E-state index in [-0.39, 0.29) is 24.0 Å². The van der Waals surface area contributed by atoms with E-state index in [1.54, 1.807) is 18.2 Å². The molecule has 0 saturated carbocycles. The van der Waals surface area contributed by atoms with Crippen molar-refractivity contribution in [3.05, 3.63) is 23.8 Å². The number of amides is 1. The molecule has 1 unspecified atom stereocenters. The third-order valence-electron chi connectivity index (χ3n) is 3.38. The zero-order valence-corrected chi connectivity index (χ0v) is 13.3. The molecule has 0 aliphatic carbocycles. The first kappa shape index (κ1) is 16.9. The molecule has 21 heavy (non-hydrogen) atoms. The van der Waals surface area contributed by atoms with Crippen LogP contribution in [0.5, 0.6) is 11.5 Å². The zero-order valence-electron chi connectivity index (χ0n) is 13.3. The summed E-state index contributed by atoms with van der Waals surface area (Å²) in [6, 6.07) is 5.08. The maximum atomic E-state index is 12.3. The minimum absolute atomic E-state index is 0.00437. The fourth-order valence-corrected chi connectivity index (χ4v) is 1.54. The van der Waals surface area contributed by atoms with E-state index in [9.17, 15) is 4.79 Å². The molecule has 1 rings (SSSR count). The Bertz CT molecular complexity index is 538. The lowest BCUT2D eigenvalue weighted by molar-refractivity contribution is 0.0909. The van der Waals surface area contributed by atoms with Gasteiger partial charge in [-0.2, -0.15) is 0 Å². The molecule has 114 valence electrons. The lowest BCUT2D eigenvalue weighted by atomic mass is 9.88. The molecule has 0 heterocycles. The summed E-state index contributed by atoms with van der Waals surface area (Å²) in [6.45, 7) is 8.38. The predicted octanol–water partition coefficient (Wildman–Crippen LogP) is 2.87. The Hall–Kier alpha value is -2.15.